The molecule has 0 bridgehead atoms. The number of rotatable bonds is 6. The minimum atomic E-state index is 0.588. The fraction of sp³-hybridized carbons (Fsp3) is 0.538. The largest absolute Gasteiger partial charge is 0.375 e. The monoisotopic (exact) mass is 240 g/mol. The van der Waals surface area contributed by atoms with Gasteiger partial charge in [-0.05, 0) is 44.8 Å². The lowest BCUT2D eigenvalue weighted by Gasteiger charge is -2.20. The van der Waals surface area contributed by atoms with Crippen LogP contribution in [-0.2, 0) is 5.88 Å². The van der Waals surface area contributed by atoms with Crippen LogP contribution in [0.25, 0.3) is 0 Å². The van der Waals surface area contributed by atoms with Crippen LogP contribution < -0.4 is 4.90 Å². The van der Waals surface area contributed by atoms with E-state index in [1.807, 2.05) is 0 Å². The second kappa shape index (κ2) is 6.77. The minimum absolute atomic E-state index is 0.588. The molecule has 0 fully saturated rings. The van der Waals surface area contributed by atoms with Gasteiger partial charge in [0.2, 0.25) is 0 Å². The van der Waals surface area contributed by atoms with Gasteiger partial charge >= 0.3 is 0 Å². The molecule has 0 aromatic heterocycles. The fourth-order valence-corrected chi connectivity index (χ4v) is 1.77. The lowest BCUT2D eigenvalue weighted by atomic mass is 10.2. The van der Waals surface area contributed by atoms with E-state index in [1.54, 1.807) is 0 Å². The number of alkyl halides is 1. The molecule has 0 heterocycles. The van der Waals surface area contributed by atoms with E-state index in [9.17, 15) is 0 Å². The molecule has 0 unspecified atom stereocenters. The molecule has 0 saturated carbocycles. The van der Waals surface area contributed by atoms with Gasteiger partial charge in [0, 0.05) is 25.2 Å². The Labute approximate surface area is 104 Å². The van der Waals surface area contributed by atoms with E-state index in [1.165, 1.54) is 17.7 Å². The van der Waals surface area contributed by atoms with Crippen LogP contribution in [0.1, 0.15) is 12.0 Å². The van der Waals surface area contributed by atoms with Crippen molar-refractivity contribution in [3.63, 3.8) is 0 Å². The van der Waals surface area contributed by atoms with Crippen molar-refractivity contribution in [3.05, 3.63) is 29.8 Å². The molecule has 0 saturated heterocycles. The smallest absolute Gasteiger partial charge is 0.0474 e. The Morgan fingerprint density at radius 1 is 1.00 bits per heavy atom. The lowest BCUT2D eigenvalue weighted by molar-refractivity contribution is 0.401. The van der Waals surface area contributed by atoms with E-state index < -0.39 is 0 Å². The van der Waals surface area contributed by atoms with Gasteiger partial charge in [-0.25, -0.2) is 0 Å². The van der Waals surface area contributed by atoms with Crippen LogP contribution in [0.3, 0.4) is 0 Å². The van der Waals surface area contributed by atoms with Crippen LogP contribution >= 0.6 is 11.6 Å². The molecule has 16 heavy (non-hydrogen) atoms. The normalized spacial score (nSPS) is 10.8. The summed E-state index contributed by atoms with van der Waals surface area (Å²) in [6.07, 6.45) is 1.18. The number of anilines is 1. The van der Waals surface area contributed by atoms with Gasteiger partial charge in [0.25, 0.3) is 0 Å². The number of nitrogens with zero attached hydrogens (tertiary/aromatic N) is 2. The predicted molar refractivity (Wildman–Crippen MR) is 72.4 cm³/mol. The van der Waals surface area contributed by atoms with E-state index in [4.69, 9.17) is 11.6 Å². The van der Waals surface area contributed by atoms with Gasteiger partial charge in [0.15, 0.2) is 0 Å². The van der Waals surface area contributed by atoms with Crippen LogP contribution in [-0.4, -0.2) is 39.1 Å². The van der Waals surface area contributed by atoms with Gasteiger partial charge in [-0.1, -0.05) is 12.1 Å². The molecule has 0 aliphatic rings. The Hall–Kier alpha value is -0.730. The van der Waals surface area contributed by atoms with Crippen molar-refractivity contribution < 1.29 is 0 Å². The van der Waals surface area contributed by atoms with Crippen LogP contribution in [0.4, 0.5) is 5.69 Å². The molecule has 90 valence electrons. The maximum absolute atomic E-state index is 5.76. The van der Waals surface area contributed by atoms with Gasteiger partial charge in [0.1, 0.15) is 0 Å². The molecule has 1 aromatic rings. The number of benzene rings is 1. The third kappa shape index (κ3) is 4.42. The fourth-order valence-electron chi connectivity index (χ4n) is 1.59. The summed E-state index contributed by atoms with van der Waals surface area (Å²) in [5.41, 5.74) is 2.43. The van der Waals surface area contributed by atoms with Crippen LogP contribution in [0.2, 0.25) is 0 Å². The van der Waals surface area contributed by atoms with E-state index in [0.29, 0.717) is 5.88 Å². The maximum Gasteiger partial charge on any atom is 0.0474 e. The molecule has 0 aliphatic carbocycles. The minimum Gasteiger partial charge on any atom is -0.375 e. The topological polar surface area (TPSA) is 6.48 Å². The summed E-state index contributed by atoms with van der Waals surface area (Å²) in [5.74, 6) is 0.588. The lowest BCUT2D eigenvalue weighted by Crippen LogP contribution is -2.23. The second-order valence-corrected chi connectivity index (χ2v) is 4.65. The van der Waals surface area contributed by atoms with E-state index in [-0.39, 0.29) is 0 Å². The molecule has 0 radical (unpaired) electrons. The van der Waals surface area contributed by atoms with Crippen molar-refractivity contribution in [1.29, 1.82) is 0 Å². The summed E-state index contributed by atoms with van der Waals surface area (Å²) >= 11 is 5.76. The molecular formula is C13H21ClN2. The van der Waals surface area contributed by atoms with Crippen LogP contribution in [0, 0.1) is 0 Å². The van der Waals surface area contributed by atoms with Gasteiger partial charge in [-0.2, -0.15) is 0 Å². The predicted octanol–water partition coefficient (Wildman–Crippen LogP) is 2.81. The number of hydrogen-bond donors (Lipinski definition) is 0. The summed E-state index contributed by atoms with van der Waals surface area (Å²) < 4.78 is 0. The Morgan fingerprint density at radius 2 is 1.62 bits per heavy atom. The summed E-state index contributed by atoms with van der Waals surface area (Å²) in [5, 5.41) is 0. The first-order chi connectivity index (χ1) is 7.63. The highest BCUT2D eigenvalue weighted by atomic mass is 35.5. The van der Waals surface area contributed by atoms with Crippen molar-refractivity contribution in [2.75, 3.05) is 39.1 Å². The number of halogens is 1. The highest BCUT2D eigenvalue weighted by Gasteiger charge is 2.00. The van der Waals surface area contributed by atoms with E-state index in [2.05, 4.69) is 55.2 Å². The van der Waals surface area contributed by atoms with Crippen molar-refractivity contribution in [2.24, 2.45) is 0 Å². The summed E-state index contributed by atoms with van der Waals surface area (Å²) in [7, 11) is 6.34. The third-order valence-corrected chi connectivity index (χ3v) is 2.94. The first-order valence-corrected chi connectivity index (χ1v) is 6.17. The van der Waals surface area contributed by atoms with Crippen LogP contribution in [0.15, 0.2) is 24.3 Å². The molecule has 0 atom stereocenters. The van der Waals surface area contributed by atoms with Crippen molar-refractivity contribution in [1.82, 2.24) is 4.90 Å². The second-order valence-electron chi connectivity index (χ2n) is 4.38. The molecule has 3 heteroatoms. The third-order valence-electron chi connectivity index (χ3n) is 2.63. The molecule has 0 aliphatic heterocycles. The van der Waals surface area contributed by atoms with Gasteiger partial charge < -0.3 is 9.80 Å². The van der Waals surface area contributed by atoms with Crippen molar-refractivity contribution >= 4 is 17.3 Å². The zero-order valence-electron chi connectivity index (χ0n) is 10.4. The maximum atomic E-state index is 5.76. The zero-order valence-corrected chi connectivity index (χ0v) is 11.2. The molecule has 0 spiro atoms. The Balaban J connectivity index is 2.43. The SMILES string of the molecule is CN(C)CCCN(C)c1ccc(CCl)cc1. The average molecular weight is 241 g/mol. The summed E-state index contributed by atoms with van der Waals surface area (Å²) in [6.45, 7) is 2.21. The quantitative estimate of drug-likeness (QED) is 0.706. The highest BCUT2D eigenvalue weighted by Crippen LogP contribution is 2.15. The Morgan fingerprint density at radius 3 is 2.12 bits per heavy atom. The van der Waals surface area contributed by atoms with Crippen molar-refractivity contribution in [3.8, 4) is 0 Å². The molecular weight excluding hydrogens is 220 g/mol. The Kier molecular flexibility index (Phi) is 5.64. The molecule has 2 nitrogen and oxygen atoms in total. The highest BCUT2D eigenvalue weighted by molar-refractivity contribution is 6.17. The zero-order chi connectivity index (χ0) is 12.0. The van der Waals surface area contributed by atoms with Gasteiger partial charge in [-0.15, -0.1) is 11.6 Å². The van der Waals surface area contributed by atoms with E-state index in [0.717, 1.165) is 13.1 Å². The first kappa shape index (κ1) is 13.3. The molecule has 1 rings (SSSR count). The number of hydrogen-bond acceptors (Lipinski definition) is 2. The molecule has 0 amide bonds. The van der Waals surface area contributed by atoms with Gasteiger partial charge in [-0.3, -0.25) is 0 Å². The summed E-state index contributed by atoms with van der Waals surface area (Å²) in [4.78, 5) is 4.49. The Bertz CT molecular complexity index is 295. The van der Waals surface area contributed by atoms with Crippen LogP contribution in [0.5, 0.6) is 0 Å². The molecule has 0 N–H and O–H groups in total. The first-order valence-electron chi connectivity index (χ1n) is 5.64. The summed E-state index contributed by atoms with van der Waals surface area (Å²) in [6, 6.07) is 8.44. The average Bonchev–Trinajstić information content (AvgIpc) is 2.28. The van der Waals surface area contributed by atoms with E-state index >= 15 is 0 Å². The molecule has 1 aromatic carbocycles. The van der Waals surface area contributed by atoms with Gasteiger partial charge in [0.05, 0.1) is 0 Å². The standard InChI is InChI=1S/C13H21ClN2/c1-15(2)9-4-10-16(3)13-7-5-12(11-14)6-8-13/h5-8H,4,9-11H2,1-3H3. The van der Waals surface area contributed by atoms with Crippen molar-refractivity contribution in [2.45, 2.75) is 12.3 Å².